The number of rotatable bonds is 3. The van der Waals surface area contributed by atoms with Gasteiger partial charge in [-0.1, -0.05) is 51.8 Å². The zero-order chi connectivity index (χ0) is 14.8. The molecule has 1 aliphatic rings. The minimum atomic E-state index is -0.179. The van der Waals surface area contributed by atoms with Crippen LogP contribution in [0.15, 0.2) is 46.9 Å². The molecular weight excluding hydrogens is 352 g/mol. The molecule has 0 amide bonds. The predicted molar refractivity (Wildman–Crippen MR) is 86.9 cm³/mol. The average Bonchev–Trinajstić information content (AvgIpc) is 2.47. The molecule has 0 N–H and O–H groups in total. The summed E-state index contributed by atoms with van der Waals surface area (Å²) in [6, 6.07) is 13.5. The van der Waals surface area contributed by atoms with Crippen LogP contribution in [-0.4, -0.2) is 12.4 Å². The smallest absolute Gasteiger partial charge is 0.167 e. The summed E-state index contributed by atoms with van der Waals surface area (Å²) < 4.78 is 6.65. The molecular formula is C17H14BrClO2. The summed E-state index contributed by atoms with van der Waals surface area (Å²) in [4.78, 5) is 12.5. The van der Waals surface area contributed by atoms with Crippen molar-refractivity contribution in [2.45, 2.75) is 18.9 Å². The van der Waals surface area contributed by atoms with E-state index in [0.717, 1.165) is 16.5 Å². The van der Waals surface area contributed by atoms with Crippen molar-refractivity contribution in [3.05, 3.63) is 68.7 Å². The van der Waals surface area contributed by atoms with Gasteiger partial charge in [0.05, 0.1) is 17.7 Å². The third kappa shape index (κ3) is 3.20. The molecule has 108 valence electrons. The fourth-order valence-electron chi connectivity index (χ4n) is 2.64. The Labute approximate surface area is 137 Å². The van der Waals surface area contributed by atoms with Gasteiger partial charge in [-0.15, -0.1) is 0 Å². The Hall–Kier alpha value is -1.16. The first-order valence-corrected chi connectivity index (χ1v) is 8.00. The van der Waals surface area contributed by atoms with Gasteiger partial charge >= 0.3 is 0 Å². The molecule has 1 unspecified atom stereocenters. The first-order chi connectivity index (χ1) is 10.1. The molecule has 0 aromatic heterocycles. The summed E-state index contributed by atoms with van der Waals surface area (Å²) in [5.74, 6) is 0.00852. The van der Waals surface area contributed by atoms with E-state index in [2.05, 4.69) is 22.0 Å². The molecule has 4 heteroatoms. The van der Waals surface area contributed by atoms with Crippen molar-refractivity contribution >= 4 is 33.3 Å². The van der Waals surface area contributed by atoms with Crippen LogP contribution in [0, 0.1) is 0 Å². The van der Waals surface area contributed by atoms with Crippen LogP contribution < -0.4 is 0 Å². The molecule has 1 aliphatic heterocycles. The van der Waals surface area contributed by atoms with Crippen molar-refractivity contribution in [2.75, 3.05) is 6.61 Å². The van der Waals surface area contributed by atoms with Crippen molar-refractivity contribution < 1.29 is 9.53 Å². The van der Waals surface area contributed by atoms with E-state index in [9.17, 15) is 4.79 Å². The number of fused-ring (bicyclic) bond motifs is 1. The lowest BCUT2D eigenvalue weighted by Gasteiger charge is -2.25. The Morgan fingerprint density at radius 2 is 2.10 bits per heavy atom. The molecule has 0 aliphatic carbocycles. The molecule has 2 nitrogen and oxygen atoms in total. The van der Waals surface area contributed by atoms with Gasteiger partial charge in [0.1, 0.15) is 0 Å². The fraction of sp³-hybridized carbons (Fsp3) is 0.235. The molecule has 0 saturated carbocycles. The summed E-state index contributed by atoms with van der Waals surface area (Å²) in [6.07, 6.45) is 1.04. The Morgan fingerprint density at radius 3 is 2.90 bits per heavy atom. The van der Waals surface area contributed by atoms with Gasteiger partial charge < -0.3 is 4.74 Å². The van der Waals surface area contributed by atoms with Gasteiger partial charge in [-0.3, -0.25) is 4.79 Å². The third-order valence-corrected chi connectivity index (χ3v) is 4.50. The molecule has 2 aromatic rings. The largest absolute Gasteiger partial charge is 0.373 e. The SMILES string of the molecule is O=C(CC1OCCc2ccccc21)c1ccc(Br)cc1Cl. The van der Waals surface area contributed by atoms with E-state index in [1.165, 1.54) is 5.56 Å². The van der Waals surface area contributed by atoms with Crippen LogP contribution in [0.2, 0.25) is 5.02 Å². The maximum absolute atomic E-state index is 12.5. The normalized spacial score (nSPS) is 17.3. The van der Waals surface area contributed by atoms with Gasteiger partial charge in [-0.25, -0.2) is 0 Å². The molecule has 3 rings (SSSR count). The van der Waals surface area contributed by atoms with Crippen LogP contribution >= 0.6 is 27.5 Å². The molecule has 0 saturated heterocycles. The van der Waals surface area contributed by atoms with Crippen LogP contribution in [0.3, 0.4) is 0 Å². The van der Waals surface area contributed by atoms with Crippen LogP contribution in [0.5, 0.6) is 0 Å². The summed E-state index contributed by atoms with van der Waals surface area (Å²) in [6.45, 7) is 0.656. The monoisotopic (exact) mass is 364 g/mol. The zero-order valence-corrected chi connectivity index (χ0v) is 13.7. The molecule has 0 bridgehead atoms. The van der Waals surface area contributed by atoms with Crippen LogP contribution in [0.4, 0.5) is 0 Å². The van der Waals surface area contributed by atoms with E-state index in [1.54, 1.807) is 12.1 Å². The van der Waals surface area contributed by atoms with Gasteiger partial charge in [0.15, 0.2) is 5.78 Å². The summed E-state index contributed by atoms with van der Waals surface area (Å²) >= 11 is 9.50. The minimum Gasteiger partial charge on any atom is -0.373 e. The van der Waals surface area contributed by atoms with E-state index >= 15 is 0 Å². The van der Waals surface area contributed by atoms with Gasteiger partial charge in [0.2, 0.25) is 0 Å². The lowest BCUT2D eigenvalue weighted by Crippen LogP contribution is -2.19. The lowest BCUT2D eigenvalue weighted by molar-refractivity contribution is 0.0352. The van der Waals surface area contributed by atoms with Gasteiger partial charge in [-0.2, -0.15) is 0 Å². The quantitative estimate of drug-likeness (QED) is 0.716. The number of ketones is 1. The first-order valence-electron chi connectivity index (χ1n) is 6.83. The Balaban J connectivity index is 1.83. The summed E-state index contributed by atoms with van der Waals surface area (Å²) in [5.41, 5.74) is 2.93. The first kappa shape index (κ1) is 14.8. The molecule has 0 spiro atoms. The number of Topliss-reactive ketones (excluding diaryl/α,β-unsaturated/α-hetero) is 1. The summed E-state index contributed by atoms with van der Waals surface area (Å²) in [5, 5.41) is 0.471. The molecule has 0 fully saturated rings. The Bertz CT molecular complexity index is 684. The van der Waals surface area contributed by atoms with Crippen molar-refractivity contribution in [3.63, 3.8) is 0 Å². The highest BCUT2D eigenvalue weighted by Crippen LogP contribution is 2.32. The predicted octanol–water partition coefficient (Wildman–Crippen LogP) is 4.99. The second kappa shape index (κ2) is 6.30. The van der Waals surface area contributed by atoms with E-state index in [-0.39, 0.29) is 11.9 Å². The fourth-order valence-corrected chi connectivity index (χ4v) is 3.42. The van der Waals surface area contributed by atoms with Crippen molar-refractivity contribution in [3.8, 4) is 0 Å². The van der Waals surface area contributed by atoms with E-state index in [0.29, 0.717) is 23.6 Å². The maximum Gasteiger partial charge on any atom is 0.167 e. The van der Waals surface area contributed by atoms with Crippen LogP contribution in [0.1, 0.15) is 34.0 Å². The van der Waals surface area contributed by atoms with Crippen molar-refractivity contribution in [1.29, 1.82) is 0 Å². The Morgan fingerprint density at radius 1 is 1.29 bits per heavy atom. The number of hydrogen-bond donors (Lipinski definition) is 0. The zero-order valence-electron chi connectivity index (χ0n) is 11.3. The number of ether oxygens (including phenoxy) is 1. The van der Waals surface area contributed by atoms with Gasteiger partial charge in [0, 0.05) is 16.5 Å². The van der Waals surface area contributed by atoms with E-state index < -0.39 is 0 Å². The third-order valence-electron chi connectivity index (χ3n) is 3.69. The molecule has 0 radical (unpaired) electrons. The number of carbonyl (C=O) groups is 1. The number of carbonyl (C=O) groups excluding carboxylic acids is 1. The molecule has 2 aromatic carbocycles. The van der Waals surface area contributed by atoms with E-state index in [1.807, 2.05) is 24.3 Å². The van der Waals surface area contributed by atoms with Crippen LogP contribution in [0.25, 0.3) is 0 Å². The number of benzene rings is 2. The molecule has 21 heavy (non-hydrogen) atoms. The standard InChI is InChI=1S/C17H14BrClO2/c18-12-5-6-14(15(19)9-12)16(20)10-17-13-4-2-1-3-11(13)7-8-21-17/h1-6,9,17H,7-8,10H2. The minimum absolute atomic E-state index is 0.00852. The van der Waals surface area contributed by atoms with Crippen molar-refractivity contribution in [1.82, 2.24) is 0 Å². The highest BCUT2D eigenvalue weighted by atomic mass is 79.9. The van der Waals surface area contributed by atoms with E-state index in [4.69, 9.17) is 16.3 Å². The second-order valence-corrected chi connectivity index (χ2v) is 6.38. The highest BCUT2D eigenvalue weighted by molar-refractivity contribution is 9.10. The maximum atomic E-state index is 12.5. The lowest BCUT2D eigenvalue weighted by atomic mass is 9.93. The number of hydrogen-bond acceptors (Lipinski definition) is 2. The van der Waals surface area contributed by atoms with Gasteiger partial charge in [-0.05, 0) is 35.7 Å². The van der Waals surface area contributed by atoms with Crippen molar-refractivity contribution in [2.24, 2.45) is 0 Å². The topological polar surface area (TPSA) is 26.3 Å². The molecule has 1 heterocycles. The van der Waals surface area contributed by atoms with Crippen LogP contribution in [-0.2, 0) is 11.2 Å². The number of halogens is 2. The molecule has 1 atom stereocenters. The second-order valence-electron chi connectivity index (χ2n) is 5.06. The average molecular weight is 366 g/mol. The summed E-state index contributed by atoms with van der Waals surface area (Å²) in [7, 11) is 0. The Kier molecular flexibility index (Phi) is 4.43. The van der Waals surface area contributed by atoms with Gasteiger partial charge in [0.25, 0.3) is 0 Å². The highest BCUT2D eigenvalue weighted by Gasteiger charge is 2.24.